The smallest absolute Gasteiger partial charge is 0.0834 e. The molecule has 0 radical (unpaired) electrons. The monoisotopic (exact) mass is 243 g/mol. The molecule has 1 N–H and O–H groups in total. The summed E-state index contributed by atoms with van der Waals surface area (Å²) in [5.74, 6) is 0. The predicted octanol–water partition coefficient (Wildman–Crippen LogP) is 3.57. The molecule has 1 aromatic heterocycles. The first kappa shape index (κ1) is 13.5. The van der Waals surface area contributed by atoms with E-state index in [0.717, 1.165) is 30.1 Å². The largest absolute Gasteiger partial charge is 0.309 e. The summed E-state index contributed by atoms with van der Waals surface area (Å²) >= 11 is 6.22. The van der Waals surface area contributed by atoms with E-state index in [4.69, 9.17) is 11.6 Å². The van der Waals surface area contributed by atoms with Crippen molar-refractivity contribution in [3.63, 3.8) is 0 Å². The van der Waals surface area contributed by atoms with Crippen molar-refractivity contribution in [3.8, 4) is 0 Å². The van der Waals surface area contributed by atoms with Crippen molar-refractivity contribution < 1.29 is 0 Å². The van der Waals surface area contributed by atoms with Gasteiger partial charge in [0, 0.05) is 6.04 Å². The van der Waals surface area contributed by atoms with Crippen LogP contribution in [0.3, 0.4) is 0 Å². The summed E-state index contributed by atoms with van der Waals surface area (Å²) in [5, 5.41) is 8.62. The normalized spacial score (nSPS) is 13.4. The highest BCUT2D eigenvalue weighted by atomic mass is 35.5. The van der Waals surface area contributed by atoms with Crippen LogP contribution in [-0.4, -0.2) is 16.3 Å². The van der Waals surface area contributed by atoms with Gasteiger partial charge in [0.25, 0.3) is 0 Å². The molecule has 16 heavy (non-hydrogen) atoms. The highest BCUT2D eigenvalue weighted by molar-refractivity contribution is 6.31. The minimum absolute atomic E-state index is 0.303. The molecule has 0 amide bonds. The van der Waals surface area contributed by atoms with Crippen molar-refractivity contribution in [2.75, 3.05) is 6.54 Å². The first-order chi connectivity index (χ1) is 7.61. The molecule has 4 heteroatoms. The van der Waals surface area contributed by atoms with Crippen molar-refractivity contribution in [3.05, 3.63) is 16.9 Å². The second-order valence-electron chi connectivity index (χ2n) is 4.33. The number of halogens is 1. The molecule has 0 aromatic carbocycles. The molecule has 0 saturated heterocycles. The van der Waals surface area contributed by atoms with Crippen LogP contribution in [0.5, 0.6) is 0 Å². The molecule has 1 heterocycles. The Balaban J connectivity index is 2.93. The SMILES string of the molecule is CCCNC(CC)c1c(Cl)cnn1C(C)C. The van der Waals surface area contributed by atoms with E-state index in [0.29, 0.717) is 12.1 Å². The first-order valence-corrected chi connectivity index (χ1v) is 6.45. The Bertz CT molecular complexity index is 320. The first-order valence-electron chi connectivity index (χ1n) is 6.08. The van der Waals surface area contributed by atoms with Crippen LogP contribution in [0.2, 0.25) is 5.02 Å². The molecule has 1 rings (SSSR count). The third kappa shape index (κ3) is 2.98. The number of aromatic nitrogens is 2. The second-order valence-corrected chi connectivity index (χ2v) is 4.74. The number of rotatable bonds is 6. The molecule has 1 atom stereocenters. The van der Waals surface area contributed by atoms with E-state index in [1.807, 2.05) is 4.68 Å². The van der Waals surface area contributed by atoms with Gasteiger partial charge < -0.3 is 5.32 Å². The van der Waals surface area contributed by atoms with Gasteiger partial charge in [0.2, 0.25) is 0 Å². The minimum Gasteiger partial charge on any atom is -0.309 e. The van der Waals surface area contributed by atoms with Gasteiger partial charge in [-0.05, 0) is 33.2 Å². The molecule has 3 nitrogen and oxygen atoms in total. The van der Waals surface area contributed by atoms with E-state index < -0.39 is 0 Å². The molecule has 92 valence electrons. The Morgan fingerprint density at radius 3 is 2.62 bits per heavy atom. The van der Waals surface area contributed by atoms with Crippen LogP contribution in [0.4, 0.5) is 0 Å². The highest BCUT2D eigenvalue weighted by Gasteiger charge is 2.19. The lowest BCUT2D eigenvalue weighted by molar-refractivity contribution is 0.437. The number of nitrogens with one attached hydrogen (secondary N) is 1. The Hall–Kier alpha value is -0.540. The molecule has 0 aliphatic rings. The predicted molar refractivity (Wildman–Crippen MR) is 68.9 cm³/mol. The Morgan fingerprint density at radius 2 is 2.12 bits per heavy atom. The van der Waals surface area contributed by atoms with Crippen molar-refractivity contribution in [2.45, 2.75) is 52.6 Å². The van der Waals surface area contributed by atoms with Gasteiger partial charge in [-0.2, -0.15) is 5.10 Å². The molecule has 0 saturated carbocycles. The summed E-state index contributed by atoms with van der Waals surface area (Å²) in [6.45, 7) is 9.60. The third-order valence-corrected chi connectivity index (χ3v) is 2.95. The molecule has 0 fully saturated rings. The fourth-order valence-corrected chi connectivity index (χ4v) is 2.10. The summed E-state index contributed by atoms with van der Waals surface area (Å²) < 4.78 is 2.01. The van der Waals surface area contributed by atoms with Crippen LogP contribution in [0.1, 0.15) is 58.3 Å². The highest BCUT2D eigenvalue weighted by Crippen LogP contribution is 2.27. The molecular formula is C12H22ClN3. The summed E-state index contributed by atoms with van der Waals surface area (Å²) in [5.41, 5.74) is 1.12. The van der Waals surface area contributed by atoms with Gasteiger partial charge in [-0.15, -0.1) is 0 Å². The van der Waals surface area contributed by atoms with Gasteiger partial charge in [0.1, 0.15) is 0 Å². The zero-order valence-electron chi connectivity index (χ0n) is 10.6. The average Bonchev–Trinajstić information content (AvgIpc) is 2.62. The summed E-state index contributed by atoms with van der Waals surface area (Å²) in [6.07, 6.45) is 3.90. The molecular weight excluding hydrogens is 222 g/mol. The Kier molecular flexibility index (Phi) is 5.29. The summed E-state index contributed by atoms with van der Waals surface area (Å²) in [7, 11) is 0. The van der Waals surface area contributed by atoms with Crippen LogP contribution in [0, 0.1) is 0 Å². The lowest BCUT2D eigenvalue weighted by atomic mass is 10.1. The van der Waals surface area contributed by atoms with Gasteiger partial charge in [-0.25, -0.2) is 0 Å². The maximum Gasteiger partial charge on any atom is 0.0834 e. The minimum atomic E-state index is 0.303. The van der Waals surface area contributed by atoms with E-state index in [-0.39, 0.29) is 0 Å². The van der Waals surface area contributed by atoms with Crippen LogP contribution >= 0.6 is 11.6 Å². The fourth-order valence-electron chi connectivity index (χ4n) is 1.84. The molecule has 1 aromatic rings. The van der Waals surface area contributed by atoms with Gasteiger partial charge >= 0.3 is 0 Å². The van der Waals surface area contributed by atoms with E-state index >= 15 is 0 Å². The number of hydrogen-bond donors (Lipinski definition) is 1. The fraction of sp³-hybridized carbons (Fsp3) is 0.750. The van der Waals surface area contributed by atoms with Crippen LogP contribution < -0.4 is 5.32 Å². The summed E-state index contributed by atoms with van der Waals surface area (Å²) in [6, 6.07) is 0.650. The van der Waals surface area contributed by atoms with Crippen molar-refractivity contribution >= 4 is 11.6 Å². The van der Waals surface area contributed by atoms with Gasteiger partial charge in [-0.1, -0.05) is 25.4 Å². The topological polar surface area (TPSA) is 29.9 Å². The zero-order valence-corrected chi connectivity index (χ0v) is 11.4. The van der Waals surface area contributed by atoms with E-state index in [1.165, 1.54) is 0 Å². The van der Waals surface area contributed by atoms with Crippen molar-refractivity contribution in [1.29, 1.82) is 0 Å². The quantitative estimate of drug-likeness (QED) is 0.828. The van der Waals surface area contributed by atoms with Gasteiger partial charge in [0.05, 0.1) is 23.0 Å². The van der Waals surface area contributed by atoms with Crippen LogP contribution in [0.25, 0.3) is 0 Å². The van der Waals surface area contributed by atoms with Gasteiger partial charge in [-0.3, -0.25) is 4.68 Å². The van der Waals surface area contributed by atoms with Crippen molar-refractivity contribution in [1.82, 2.24) is 15.1 Å². The van der Waals surface area contributed by atoms with Crippen LogP contribution in [-0.2, 0) is 0 Å². The van der Waals surface area contributed by atoms with E-state index in [2.05, 4.69) is 38.1 Å². The standard InChI is InChI=1S/C12H22ClN3/c1-5-7-14-11(6-2)12-10(13)8-15-16(12)9(3)4/h8-9,11,14H,5-7H2,1-4H3. The second kappa shape index (κ2) is 6.26. The van der Waals surface area contributed by atoms with E-state index in [9.17, 15) is 0 Å². The Labute approximate surface area is 103 Å². The maximum atomic E-state index is 6.22. The molecule has 0 aliphatic heterocycles. The molecule has 0 spiro atoms. The molecule has 0 aliphatic carbocycles. The third-order valence-electron chi connectivity index (χ3n) is 2.66. The van der Waals surface area contributed by atoms with E-state index in [1.54, 1.807) is 6.20 Å². The zero-order chi connectivity index (χ0) is 12.1. The number of hydrogen-bond acceptors (Lipinski definition) is 2. The van der Waals surface area contributed by atoms with Crippen LogP contribution in [0.15, 0.2) is 6.20 Å². The molecule has 0 bridgehead atoms. The Morgan fingerprint density at radius 1 is 1.44 bits per heavy atom. The molecule has 1 unspecified atom stereocenters. The van der Waals surface area contributed by atoms with Gasteiger partial charge in [0.15, 0.2) is 0 Å². The lowest BCUT2D eigenvalue weighted by Gasteiger charge is -2.20. The lowest BCUT2D eigenvalue weighted by Crippen LogP contribution is -2.25. The maximum absolute atomic E-state index is 6.22. The number of nitrogens with zero attached hydrogens (tertiary/aromatic N) is 2. The summed E-state index contributed by atoms with van der Waals surface area (Å²) in [4.78, 5) is 0. The van der Waals surface area contributed by atoms with Crippen molar-refractivity contribution in [2.24, 2.45) is 0 Å². The average molecular weight is 244 g/mol.